The van der Waals surface area contributed by atoms with E-state index in [9.17, 15) is 18.0 Å². The molecule has 0 aliphatic heterocycles. The highest BCUT2D eigenvalue weighted by molar-refractivity contribution is 7.21. The molecule has 0 radical (unpaired) electrons. The minimum atomic E-state index is -4.61. The summed E-state index contributed by atoms with van der Waals surface area (Å²) < 4.78 is 40.0. The maximum absolute atomic E-state index is 13.3. The molecule has 0 aromatic carbocycles. The smallest absolute Gasteiger partial charge is 0.397 e. The van der Waals surface area contributed by atoms with E-state index in [0.29, 0.717) is 4.88 Å². The van der Waals surface area contributed by atoms with Crippen molar-refractivity contribution in [1.29, 1.82) is 0 Å². The van der Waals surface area contributed by atoms with Crippen LogP contribution >= 0.6 is 22.7 Å². The van der Waals surface area contributed by atoms with E-state index in [1.807, 2.05) is 0 Å². The van der Waals surface area contributed by atoms with Gasteiger partial charge in [-0.1, -0.05) is 6.07 Å². The molecule has 0 atom stereocenters. The van der Waals surface area contributed by atoms with Crippen molar-refractivity contribution < 1.29 is 18.0 Å². The average molecular weight is 343 g/mol. The molecule has 0 saturated carbocycles. The highest BCUT2D eigenvalue weighted by atomic mass is 32.1. The van der Waals surface area contributed by atoms with Crippen LogP contribution in [0.5, 0.6) is 0 Å². The first kappa shape index (κ1) is 14.8. The second kappa shape index (κ2) is 4.96. The number of carbonyl (C=O) groups is 1. The molecule has 0 aliphatic carbocycles. The van der Waals surface area contributed by atoms with E-state index in [4.69, 9.17) is 11.5 Å². The first-order chi connectivity index (χ1) is 10.3. The predicted molar refractivity (Wildman–Crippen MR) is 80.9 cm³/mol. The number of amides is 1. The number of carbonyl (C=O) groups excluding carboxylic acids is 1. The number of thiophene rings is 2. The van der Waals surface area contributed by atoms with Gasteiger partial charge in [0.15, 0.2) is 0 Å². The lowest BCUT2D eigenvalue weighted by atomic mass is 10.1. The fraction of sp³-hybridized carbons (Fsp3) is 0.0769. The molecule has 4 nitrogen and oxygen atoms in total. The van der Waals surface area contributed by atoms with Crippen LogP contribution in [0.15, 0.2) is 23.6 Å². The summed E-state index contributed by atoms with van der Waals surface area (Å²) in [6.45, 7) is 0. The van der Waals surface area contributed by atoms with Crippen molar-refractivity contribution in [2.75, 3.05) is 5.73 Å². The Balaban J connectivity index is 2.39. The number of anilines is 1. The lowest BCUT2D eigenvalue weighted by molar-refractivity contribution is -0.136. The summed E-state index contributed by atoms with van der Waals surface area (Å²) in [4.78, 5) is 16.0. The molecule has 0 spiro atoms. The van der Waals surface area contributed by atoms with Gasteiger partial charge >= 0.3 is 6.18 Å². The van der Waals surface area contributed by atoms with Crippen molar-refractivity contribution in [3.05, 3.63) is 34.0 Å². The summed E-state index contributed by atoms with van der Waals surface area (Å²) in [6, 6.07) is 4.34. The maximum atomic E-state index is 13.3. The molecule has 1 amide bonds. The van der Waals surface area contributed by atoms with Crippen molar-refractivity contribution in [3.8, 4) is 10.6 Å². The zero-order chi connectivity index (χ0) is 16.1. The molecule has 3 heterocycles. The Bertz CT molecular complexity index is 869. The van der Waals surface area contributed by atoms with E-state index < -0.39 is 17.6 Å². The molecular weight excluding hydrogens is 335 g/mol. The van der Waals surface area contributed by atoms with Crippen molar-refractivity contribution in [3.63, 3.8) is 0 Å². The van der Waals surface area contributed by atoms with Crippen molar-refractivity contribution in [1.82, 2.24) is 4.98 Å². The van der Waals surface area contributed by atoms with Crippen LogP contribution in [0.25, 0.3) is 20.8 Å². The molecule has 0 saturated heterocycles. The van der Waals surface area contributed by atoms with Gasteiger partial charge in [-0.15, -0.1) is 22.7 Å². The van der Waals surface area contributed by atoms with Crippen molar-refractivity contribution in [2.45, 2.75) is 6.18 Å². The zero-order valence-corrected chi connectivity index (χ0v) is 12.4. The largest absolute Gasteiger partial charge is 0.417 e. The van der Waals surface area contributed by atoms with Gasteiger partial charge in [0.1, 0.15) is 9.71 Å². The minimum Gasteiger partial charge on any atom is -0.397 e. The number of hydrogen-bond donors (Lipinski definition) is 2. The van der Waals surface area contributed by atoms with Crippen LogP contribution in [0.2, 0.25) is 0 Å². The molecule has 114 valence electrons. The monoisotopic (exact) mass is 343 g/mol. The van der Waals surface area contributed by atoms with Crippen molar-refractivity contribution >= 4 is 44.5 Å². The quantitative estimate of drug-likeness (QED) is 0.744. The van der Waals surface area contributed by atoms with Gasteiger partial charge < -0.3 is 11.5 Å². The fourth-order valence-corrected chi connectivity index (χ4v) is 3.74. The first-order valence-corrected chi connectivity index (χ1v) is 7.62. The number of nitrogens with zero attached hydrogens (tertiary/aromatic N) is 1. The van der Waals surface area contributed by atoms with Crippen LogP contribution in [0.1, 0.15) is 15.2 Å². The Morgan fingerprint density at radius 1 is 1.32 bits per heavy atom. The average Bonchev–Trinajstić information content (AvgIpc) is 3.05. The number of aromatic nitrogens is 1. The second-order valence-corrected chi connectivity index (χ2v) is 6.37. The van der Waals surface area contributed by atoms with Gasteiger partial charge in [0.25, 0.3) is 5.91 Å². The number of fused-ring (bicyclic) bond motifs is 1. The molecule has 3 aromatic heterocycles. The number of primary amides is 1. The van der Waals surface area contributed by atoms with Gasteiger partial charge in [0.2, 0.25) is 0 Å². The minimum absolute atomic E-state index is 0.0459. The van der Waals surface area contributed by atoms with E-state index in [1.165, 1.54) is 11.3 Å². The molecule has 0 fully saturated rings. The van der Waals surface area contributed by atoms with E-state index in [-0.39, 0.29) is 26.5 Å². The Labute approximate surface area is 130 Å². The molecule has 0 aliphatic rings. The Morgan fingerprint density at radius 2 is 2.05 bits per heavy atom. The SMILES string of the molecule is NC(=O)c1sc2nc(-c3cccs3)cc(C(F)(F)F)c2c1N. The number of nitrogens with two attached hydrogens (primary N) is 2. The predicted octanol–water partition coefficient (Wildman–Crippen LogP) is 3.72. The topological polar surface area (TPSA) is 82.0 Å². The van der Waals surface area contributed by atoms with Crippen LogP contribution in [0.4, 0.5) is 18.9 Å². The van der Waals surface area contributed by atoms with E-state index in [2.05, 4.69) is 4.98 Å². The third-order valence-electron chi connectivity index (χ3n) is 3.00. The van der Waals surface area contributed by atoms with Gasteiger partial charge in [0, 0.05) is 5.39 Å². The van der Waals surface area contributed by atoms with Crippen LogP contribution in [0.3, 0.4) is 0 Å². The Morgan fingerprint density at radius 3 is 2.59 bits per heavy atom. The molecule has 22 heavy (non-hydrogen) atoms. The van der Waals surface area contributed by atoms with Gasteiger partial charge in [-0.2, -0.15) is 13.2 Å². The molecule has 0 unspecified atom stereocenters. The lowest BCUT2D eigenvalue weighted by Gasteiger charge is -2.10. The summed E-state index contributed by atoms with van der Waals surface area (Å²) in [7, 11) is 0. The molecule has 0 bridgehead atoms. The Hall–Kier alpha value is -2.13. The molecule has 4 N–H and O–H groups in total. The summed E-state index contributed by atoms with van der Waals surface area (Å²) in [5, 5.41) is 1.47. The standard InChI is InChI=1S/C13H8F3N3OS2/c14-13(15,16)5-4-6(7-2-1-3-21-7)19-12-8(5)9(17)10(22-12)11(18)20/h1-4H,17H2,(H2,18,20). The van der Waals surface area contributed by atoms with E-state index >= 15 is 0 Å². The number of halogens is 3. The number of hydrogen-bond acceptors (Lipinski definition) is 5. The summed E-state index contributed by atoms with van der Waals surface area (Å²) in [6.07, 6.45) is -4.61. The second-order valence-electron chi connectivity index (χ2n) is 4.42. The van der Waals surface area contributed by atoms with Crippen molar-refractivity contribution in [2.24, 2.45) is 5.73 Å². The number of pyridine rings is 1. The maximum Gasteiger partial charge on any atom is 0.417 e. The first-order valence-electron chi connectivity index (χ1n) is 5.93. The van der Waals surface area contributed by atoms with Crippen LogP contribution in [0, 0.1) is 0 Å². The summed E-state index contributed by atoms with van der Waals surface area (Å²) >= 11 is 2.04. The van der Waals surface area contributed by atoms with Crippen LogP contribution in [-0.4, -0.2) is 10.9 Å². The Kier molecular flexibility index (Phi) is 3.33. The zero-order valence-electron chi connectivity index (χ0n) is 10.8. The third kappa shape index (κ3) is 2.32. The molecule has 3 aromatic rings. The molecule has 9 heteroatoms. The summed E-state index contributed by atoms with van der Waals surface area (Å²) in [5.74, 6) is -0.869. The highest BCUT2D eigenvalue weighted by Gasteiger charge is 2.36. The van der Waals surface area contributed by atoms with Crippen LogP contribution in [-0.2, 0) is 6.18 Å². The third-order valence-corrected chi connectivity index (χ3v) is 5.01. The molecular formula is C13H8F3N3OS2. The number of nitrogen functional groups attached to an aromatic ring is 1. The van der Waals surface area contributed by atoms with Gasteiger partial charge in [0.05, 0.1) is 21.8 Å². The fourth-order valence-electron chi connectivity index (χ4n) is 2.08. The molecule has 3 rings (SSSR count). The van der Waals surface area contributed by atoms with Gasteiger partial charge in [-0.05, 0) is 17.5 Å². The van der Waals surface area contributed by atoms with Gasteiger partial charge in [-0.25, -0.2) is 4.98 Å². The van der Waals surface area contributed by atoms with E-state index in [0.717, 1.165) is 17.4 Å². The van der Waals surface area contributed by atoms with Crippen LogP contribution < -0.4 is 11.5 Å². The normalized spacial score (nSPS) is 12.0. The highest BCUT2D eigenvalue weighted by Crippen LogP contribution is 2.43. The lowest BCUT2D eigenvalue weighted by Crippen LogP contribution is -2.11. The van der Waals surface area contributed by atoms with Gasteiger partial charge in [-0.3, -0.25) is 4.79 Å². The summed E-state index contributed by atoms with van der Waals surface area (Å²) in [5.41, 5.74) is 9.83. The number of alkyl halides is 3. The number of rotatable bonds is 2. The van der Waals surface area contributed by atoms with E-state index in [1.54, 1.807) is 17.5 Å².